The summed E-state index contributed by atoms with van der Waals surface area (Å²) < 4.78 is 0. The third-order valence-electron chi connectivity index (χ3n) is 1.66. The number of nitrogens with two attached hydrogens (primary N) is 1. The molecule has 0 amide bonds. The van der Waals surface area contributed by atoms with Gasteiger partial charge in [-0.25, -0.2) is 0 Å². The second kappa shape index (κ2) is 6.90. The third kappa shape index (κ3) is 4.67. The average molecular weight is 237 g/mol. The minimum atomic E-state index is -0.504. The predicted molar refractivity (Wildman–Crippen MR) is 62.3 cm³/mol. The summed E-state index contributed by atoms with van der Waals surface area (Å²) in [4.78, 5) is 0. The van der Waals surface area contributed by atoms with E-state index in [4.69, 9.17) is 22.4 Å². The van der Waals surface area contributed by atoms with E-state index in [-0.39, 0.29) is 19.0 Å². The van der Waals surface area contributed by atoms with Crippen molar-refractivity contribution < 1.29 is 5.11 Å². The topological polar surface area (TPSA) is 58.3 Å². The number of aliphatic hydroxyl groups is 1. The maximum atomic E-state index is 9.16. The summed E-state index contributed by atoms with van der Waals surface area (Å²) in [7, 11) is 0. The molecule has 0 saturated carbocycles. The van der Waals surface area contributed by atoms with Gasteiger partial charge in [-0.3, -0.25) is 0 Å². The molecule has 1 rings (SSSR count). The Kier molecular flexibility index (Phi) is 6.66. The van der Waals surface area contributed by atoms with Gasteiger partial charge in [-0.1, -0.05) is 11.6 Å². The van der Waals surface area contributed by atoms with Crippen LogP contribution in [0.25, 0.3) is 0 Å². The van der Waals surface area contributed by atoms with Crippen LogP contribution < -0.4 is 11.1 Å². The van der Waals surface area contributed by atoms with Crippen LogP contribution in [0.4, 0.5) is 5.69 Å². The van der Waals surface area contributed by atoms with Crippen molar-refractivity contribution in [3.05, 3.63) is 29.3 Å². The minimum Gasteiger partial charge on any atom is -0.390 e. The molecule has 0 saturated heterocycles. The van der Waals surface area contributed by atoms with Crippen LogP contribution in [0, 0.1) is 0 Å². The van der Waals surface area contributed by atoms with E-state index in [0.29, 0.717) is 11.6 Å². The minimum absolute atomic E-state index is 0. The molecule has 1 atom stereocenters. The van der Waals surface area contributed by atoms with Crippen molar-refractivity contribution >= 4 is 29.7 Å². The molecule has 0 aromatic heterocycles. The van der Waals surface area contributed by atoms with Gasteiger partial charge in [-0.05, 0) is 24.3 Å². The van der Waals surface area contributed by atoms with E-state index in [1.807, 2.05) is 12.1 Å². The molecule has 0 aliphatic heterocycles. The van der Waals surface area contributed by atoms with Gasteiger partial charge in [0, 0.05) is 23.8 Å². The molecule has 5 heteroatoms. The first-order chi connectivity index (χ1) is 6.22. The number of hydrogen-bond donors (Lipinski definition) is 3. The number of rotatable bonds is 4. The van der Waals surface area contributed by atoms with Crippen LogP contribution in [0.5, 0.6) is 0 Å². The summed E-state index contributed by atoms with van der Waals surface area (Å²) in [6.45, 7) is 0.721. The Labute approximate surface area is 94.7 Å². The van der Waals surface area contributed by atoms with E-state index >= 15 is 0 Å². The SMILES string of the molecule is Cl.NCC(O)CNc1ccc(Cl)cc1. The first-order valence-corrected chi connectivity index (χ1v) is 4.47. The van der Waals surface area contributed by atoms with Crippen LogP contribution in [0.3, 0.4) is 0 Å². The highest BCUT2D eigenvalue weighted by atomic mass is 35.5. The Morgan fingerprint density at radius 3 is 2.43 bits per heavy atom. The Morgan fingerprint density at radius 1 is 1.36 bits per heavy atom. The molecule has 3 nitrogen and oxygen atoms in total. The molecule has 0 aliphatic rings. The monoisotopic (exact) mass is 236 g/mol. The molecule has 1 unspecified atom stereocenters. The van der Waals surface area contributed by atoms with E-state index in [9.17, 15) is 0 Å². The van der Waals surface area contributed by atoms with Crippen molar-refractivity contribution in [1.82, 2.24) is 0 Å². The van der Waals surface area contributed by atoms with Crippen molar-refractivity contribution in [3.8, 4) is 0 Å². The number of aliphatic hydroxyl groups excluding tert-OH is 1. The van der Waals surface area contributed by atoms with Crippen LogP contribution >= 0.6 is 24.0 Å². The van der Waals surface area contributed by atoms with Gasteiger partial charge >= 0.3 is 0 Å². The first kappa shape index (κ1) is 13.5. The van der Waals surface area contributed by atoms with Gasteiger partial charge in [-0.15, -0.1) is 12.4 Å². The highest BCUT2D eigenvalue weighted by molar-refractivity contribution is 6.30. The fraction of sp³-hybridized carbons (Fsp3) is 0.333. The summed E-state index contributed by atoms with van der Waals surface area (Å²) in [5.41, 5.74) is 6.18. The Bertz CT molecular complexity index is 253. The molecule has 0 fully saturated rings. The van der Waals surface area contributed by atoms with Crippen molar-refractivity contribution in [3.63, 3.8) is 0 Å². The van der Waals surface area contributed by atoms with Crippen LogP contribution in [0.1, 0.15) is 0 Å². The van der Waals surface area contributed by atoms with E-state index in [1.165, 1.54) is 0 Å². The van der Waals surface area contributed by atoms with Gasteiger partial charge in [0.25, 0.3) is 0 Å². The lowest BCUT2D eigenvalue weighted by Crippen LogP contribution is -2.27. The van der Waals surface area contributed by atoms with Crippen LogP contribution in [0.15, 0.2) is 24.3 Å². The lowest BCUT2D eigenvalue weighted by molar-refractivity contribution is 0.196. The number of anilines is 1. The summed E-state index contributed by atoms with van der Waals surface area (Å²) >= 11 is 5.70. The van der Waals surface area contributed by atoms with Crippen molar-refractivity contribution in [2.75, 3.05) is 18.4 Å². The van der Waals surface area contributed by atoms with Crippen LogP contribution in [0.2, 0.25) is 5.02 Å². The first-order valence-electron chi connectivity index (χ1n) is 4.10. The zero-order valence-electron chi connectivity index (χ0n) is 7.61. The normalized spacial score (nSPS) is 11.6. The lowest BCUT2D eigenvalue weighted by Gasteiger charge is -2.10. The molecule has 0 spiro atoms. The number of hydrogen-bond acceptors (Lipinski definition) is 3. The maximum Gasteiger partial charge on any atom is 0.0834 e. The molecule has 0 bridgehead atoms. The summed E-state index contributed by atoms with van der Waals surface area (Å²) in [6, 6.07) is 7.29. The molecule has 4 N–H and O–H groups in total. The zero-order chi connectivity index (χ0) is 9.68. The highest BCUT2D eigenvalue weighted by Crippen LogP contribution is 2.12. The Morgan fingerprint density at radius 2 is 1.93 bits per heavy atom. The Hall–Kier alpha value is -0.480. The van der Waals surface area contributed by atoms with Crippen molar-refractivity contribution in [2.24, 2.45) is 5.73 Å². The van der Waals surface area contributed by atoms with Gasteiger partial charge < -0.3 is 16.2 Å². The predicted octanol–water partition coefficient (Wildman–Crippen LogP) is 1.49. The number of benzene rings is 1. The van der Waals surface area contributed by atoms with Crippen LogP contribution in [-0.4, -0.2) is 24.3 Å². The quantitative estimate of drug-likeness (QED) is 0.743. The smallest absolute Gasteiger partial charge is 0.0834 e. The second-order valence-electron chi connectivity index (χ2n) is 2.78. The maximum absolute atomic E-state index is 9.16. The largest absolute Gasteiger partial charge is 0.390 e. The third-order valence-corrected chi connectivity index (χ3v) is 1.91. The molecular weight excluding hydrogens is 223 g/mol. The van der Waals surface area contributed by atoms with Gasteiger partial charge in [0.1, 0.15) is 0 Å². The number of halogens is 2. The summed E-state index contributed by atoms with van der Waals surface area (Å²) in [5.74, 6) is 0. The van der Waals surface area contributed by atoms with Crippen LogP contribution in [-0.2, 0) is 0 Å². The molecule has 0 aliphatic carbocycles. The summed E-state index contributed by atoms with van der Waals surface area (Å²) in [6.07, 6.45) is -0.504. The molecule has 0 radical (unpaired) electrons. The van der Waals surface area contributed by atoms with E-state index in [0.717, 1.165) is 5.69 Å². The molecule has 0 heterocycles. The fourth-order valence-corrected chi connectivity index (χ4v) is 1.01. The Balaban J connectivity index is 0.00000169. The highest BCUT2D eigenvalue weighted by Gasteiger charge is 1.99. The lowest BCUT2D eigenvalue weighted by atomic mass is 10.3. The van der Waals surface area contributed by atoms with E-state index in [1.54, 1.807) is 12.1 Å². The number of nitrogens with one attached hydrogen (secondary N) is 1. The van der Waals surface area contributed by atoms with E-state index in [2.05, 4.69) is 5.32 Å². The second-order valence-corrected chi connectivity index (χ2v) is 3.21. The standard InChI is InChI=1S/C9H13ClN2O.ClH/c10-7-1-3-8(4-2-7)12-6-9(13)5-11;/h1-4,9,12-13H,5-6,11H2;1H. The molecule has 80 valence electrons. The van der Waals surface area contributed by atoms with Crippen molar-refractivity contribution in [2.45, 2.75) is 6.10 Å². The van der Waals surface area contributed by atoms with Crippen molar-refractivity contribution in [1.29, 1.82) is 0 Å². The average Bonchev–Trinajstić information content (AvgIpc) is 2.16. The van der Waals surface area contributed by atoms with Gasteiger partial charge in [0.15, 0.2) is 0 Å². The van der Waals surface area contributed by atoms with Gasteiger partial charge in [0.2, 0.25) is 0 Å². The molecule has 1 aromatic carbocycles. The molecule has 1 aromatic rings. The zero-order valence-corrected chi connectivity index (χ0v) is 9.18. The molecule has 14 heavy (non-hydrogen) atoms. The van der Waals surface area contributed by atoms with Gasteiger partial charge in [0.05, 0.1) is 6.10 Å². The van der Waals surface area contributed by atoms with Gasteiger partial charge in [-0.2, -0.15) is 0 Å². The summed E-state index contributed by atoms with van der Waals surface area (Å²) in [5, 5.41) is 12.9. The van der Waals surface area contributed by atoms with E-state index < -0.39 is 6.10 Å². The molecular formula is C9H14Cl2N2O. The fourth-order valence-electron chi connectivity index (χ4n) is 0.887.